The number of hydrogen-bond acceptors (Lipinski definition) is 7. The highest BCUT2D eigenvalue weighted by Crippen LogP contribution is 2.18. The first-order chi connectivity index (χ1) is 11.1. The summed E-state index contributed by atoms with van der Waals surface area (Å²) in [4.78, 5) is 26.9. The fourth-order valence-electron chi connectivity index (χ4n) is 1.85. The summed E-state index contributed by atoms with van der Waals surface area (Å²) < 4.78 is 9.65. The lowest BCUT2D eigenvalue weighted by Crippen LogP contribution is -2.34. The first-order valence-corrected chi connectivity index (χ1v) is 7.51. The van der Waals surface area contributed by atoms with Crippen LogP contribution in [-0.2, 0) is 9.47 Å². The summed E-state index contributed by atoms with van der Waals surface area (Å²) in [6, 6.07) is 2.79. The molecule has 1 heterocycles. The third-order valence-corrected chi connectivity index (χ3v) is 2.98. The topological polar surface area (TPSA) is 118 Å². The van der Waals surface area contributed by atoms with Crippen LogP contribution in [0, 0.1) is 0 Å². The smallest absolute Gasteiger partial charge is 0.407 e. The van der Waals surface area contributed by atoms with Crippen molar-refractivity contribution in [2.75, 3.05) is 13.7 Å². The maximum Gasteiger partial charge on any atom is 0.407 e. The number of aromatic nitrogens is 1. The summed E-state index contributed by atoms with van der Waals surface area (Å²) in [5, 5.41) is 22.6. The number of alkyl carbamates (subject to hydrolysis) is 1. The maximum absolute atomic E-state index is 11.5. The summed E-state index contributed by atoms with van der Waals surface area (Å²) in [6.45, 7) is 5.34. The Kier molecular flexibility index (Phi) is 7.12. The van der Waals surface area contributed by atoms with Gasteiger partial charge in [0.2, 0.25) is 0 Å². The molecule has 0 saturated carbocycles. The van der Waals surface area contributed by atoms with E-state index in [9.17, 15) is 19.8 Å². The van der Waals surface area contributed by atoms with E-state index >= 15 is 0 Å². The maximum atomic E-state index is 11.5. The summed E-state index contributed by atoms with van der Waals surface area (Å²) in [5.74, 6) is -0.563. The van der Waals surface area contributed by atoms with Crippen molar-refractivity contribution in [1.29, 1.82) is 0 Å². The van der Waals surface area contributed by atoms with Crippen molar-refractivity contribution in [3.8, 4) is 0 Å². The van der Waals surface area contributed by atoms with Crippen molar-refractivity contribution < 1.29 is 29.3 Å². The van der Waals surface area contributed by atoms with Gasteiger partial charge in [-0.15, -0.1) is 0 Å². The summed E-state index contributed by atoms with van der Waals surface area (Å²) in [5.41, 5.74) is -0.246. The van der Waals surface area contributed by atoms with E-state index in [-0.39, 0.29) is 24.2 Å². The van der Waals surface area contributed by atoms with Gasteiger partial charge < -0.3 is 25.0 Å². The first-order valence-electron chi connectivity index (χ1n) is 7.51. The minimum absolute atomic E-state index is 0.0878. The fraction of sp³-hybridized carbons (Fsp3) is 0.562. The average Bonchev–Trinajstić information content (AvgIpc) is 2.51. The number of hydrogen-bond donors (Lipinski definition) is 3. The van der Waals surface area contributed by atoms with E-state index < -0.39 is 29.9 Å². The number of esters is 1. The zero-order chi connectivity index (χ0) is 18.3. The minimum atomic E-state index is -1.30. The monoisotopic (exact) mass is 340 g/mol. The highest BCUT2D eigenvalue weighted by molar-refractivity contribution is 5.89. The molecule has 0 aliphatic rings. The van der Waals surface area contributed by atoms with Crippen LogP contribution in [0.15, 0.2) is 18.3 Å². The number of nitrogens with one attached hydrogen (secondary N) is 1. The number of amides is 1. The molecule has 134 valence electrons. The highest BCUT2D eigenvalue weighted by atomic mass is 16.6. The van der Waals surface area contributed by atoms with Gasteiger partial charge >= 0.3 is 12.1 Å². The molecule has 0 aromatic carbocycles. The first kappa shape index (κ1) is 19.9. The predicted molar refractivity (Wildman–Crippen MR) is 85.4 cm³/mol. The lowest BCUT2D eigenvalue weighted by Gasteiger charge is -2.21. The Labute approximate surface area is 140 Å². The van der Waals surface area contributed by atoms with Gasteiger partial charge in [0.05, 0.1) is 24.5 Å². The molecule has 1 rings (SSSR count). The van der Waals surface area contributed by atoms with Crippen molar-refractivity contribution >= 4 is 12.1 Å². The Morgan fingerprint density at radius 3 is 2.58 bits per heavy atom. The van der Waals surface area contributed by atoms with E-state index in [0.717, 1.165) is 0 Å². The van der Waals surface area contributed by atoms with Gasteiger partial charge in [-0.3, -0.25) is 4.98 Å². The zero-order valence-corrected chi connectivity index (χ0v) is 14.3. The Morgan fingerprint density at radius 1 is 1.33 bits per heavy atom. The molecule has 2 unspecified atom stereocenters. The van der Waals surface area contributed by atoms with Crippen LogP contribution in [0.1, 0.15) is 49.3 Å². The van der Waals surface area contributed by atoms with Gasteiger partial charge in [-0.25, -0.2) is 9.59 Å². The summed E-state index contributed by atoms with van der Waals surface area (Å²) in [7, 11) is 1.25. The van der Waals surface area contributed by atoms with Crippen molar-refractivity contribution in [3.63, 3.8) is 0 Å². The average molecular weight is 340 g/mol. The largest absolute Gasteiger partial charge is 0.465 e. The molecule has 1 aromatic rings. The van der Waals surface area contributed by atoms with Crippen LogP contribution < -0.4 is 5.32 Å². The number of pyridine rings is 1. The molecule has 0 fully saturated rings. The van der Waals surface area contributed by atoms with E-state index in [1.807, 2.05) is 0 Å². The van der Waals surface area contributed by atoms with Crippen molar-refractivity contribution in [2.24, 2.45) is 0 Å². The molecule has 24 heavy (non-hydrogen) atoms. The highest BCUT2D eigenvalue weighted by Gasteiger charge is 2.22. The second-order valence-electron chi connectivity index (χ2n) is 6.19. The SMILES string of the molecule is COC(=O)c1ccnc(C(O)C(O)CCNC(=O)OC(C)(C)C)c1. The molecule has 8 nitrogen and oxygen atoms in total. The molecule has 0 aliphatic carbocycles. The second kappa shape index (κ2) is 8.60. The minimum Gasteiger partial charge on any atom is -0.465 e. The van der Waals surface area contributed by atoms with Crippen LogP contribution in [0.5, 0.6) is 0 Å². The molecule has 0 aliphatic heterocycles. The third-order valence-electron chi connectivity index (χ3n) is 2.98. The third kappa shape index (κ3) is 6.51. The Morgan fingerprint density at radius 2 is 2.00 bits per heavy atom. The van der Waals surface area contributed by atoms with Gasteiger partial charge in [-0.05, 0) is 39.3 Å². The van der Waals surface area contributed by atoms with Crippen LogP contribution in [0.2, 0.25) is 0 Å². The number of carbonyl (C=O) groups excluding carboxylic acids is 2. The normalized spacial score (nSPS) is 13.8. The van der Waals surface area contributed by atoms with Crippen LogP contribution in [0.4, 0.5) is 4.79 Å². The fourth-order valence-corrected chi connectivity index (χ4v) is 1.85. The standard InChI is InChI=1S/C16H24N2O6/c1-16(2,3)24-15(22)18-8-6-12(19)13(20)11-9-10(5-7-17-11)14(21)23-4/h5,7,9,12-13,19-20H,6,8H2,1-4H3,(H,18,22). The molecule has 8 heteroatoms. The molecule has 0 spiro atoms. The van der Waals surface area contributed by atoms with Gasteiger partial charge in [0.1, 0.15) is 11.7 Å². The van der Waals surface area contributed by atoms with E-state index in [4.69, 9.17) is 4.74 Å². The Hall–Kier alpha value is -2.19. The van der Waals surface area contributed by atoms with Crippen LogP contribution in [-0.4, -0.2) is 52.6 Å². The van der Waals surface area contributed by atoms with Gasteiger partial charge in [0.15, 0.2) is 0 Å². The number of aliphatic hydroxyl groups excluding tert-OH is 2. The molecular formula is C16H24N2O6. The molecular weight excluding hydrogens is 316 g/mol. The van der Waals surface area contributed by atoms with Crippen LogP contribution in [0.3, 0.4) is 0 Å². The molecule has 1 aromatic heterocycles. The van der Waals surface area contributed by atoms with Crippen LogP contribution >= 0.6 is 0 Å². The molecule has 3 N–H and O–H groups in total. The quantitative estimate of drug-likeness (QED) is 0.665. The number of carbonyl (C=O) groups is 2. The van der Waals surface area contributed by atoms with Crippen molar-refractivity contribution in [2.45, 2.75) is 45.0 Å². The van der Waals surface area contributed by atoms with E-state index in [0.29, 0.717) is 0 Å². The van der Waals surface area contributed by atoms with Gasteiger partial charge in [0.25, 0.3) is 0 Å². The van der Waals surface area contributed by atoms with Crippen LogP contribution in [0.25, 0.3) is 0 Å². The molecule has 1 amide bonds. The van der Waals surface area contributed by atoms with Crippen molar-refractivity contribution in [3.05, 3.63) is 29.6 Å². The van der Waals surface area contributed by atoms with E-state index in [1.165, 1.54) is 25.4 Å². The second-order valence-corrected chi connectivity index (χ2v) is 6.19. The van der Waals surface area contributed by atoms with Gasteiger partial charge in [-0.1, -0.05) is 0 Å². The lowest BCUT2D eigenvalue weighted by atomic mass is 10.1. The number of ether oxygens (including phenoxy) is 2. The number of aliphatic hydroxyl groups is 2. The number of nitrogens with zero attached hydrogens (tertiary/aromatic N) is 1. The summed E-state index contributed by atoms with van der Waals surface area (Å²) >= 11 is 0. The predicted octanol–water partition coefficient (Wildman–Crippen LogP) is 1.18. The number of methoxy groups -OCH3 is 1. The molecule has 2 atom stereocenters. The van der Waals surface area contributed by atoms with E-state index in [2.05, 4.69) is 15.0 Å². The van der Waals surface area contributed by atoms with Crippen molar-refractivity contribution in [1.82, 2.24) is 10.3 Å². The summed E-state index contributed by atoms with van der Waals surface area (Å²) in [6.07, 6.45) is -1.63. The molecule has 0 saturated heterocycles. The Balaban J connectivity index is 2.54. The Bertz CT molecular complexity index is 570. The van der Waals surface area contributed by atoms with E-state index in [1.54, 1.807) is 20.8 Å². The lowest BCUT2D eigenvalue weighted by molar-refractivity contribution is 0.00982. The van der Waals surface area contributed by atoms with Gasteiger partial charge in [-0.2, -0.15) is 0 Å². The van der Waals surface area contributed by atoms with Gasteiger partial charge in [0, 0.05) is 12.7 Å². The number of rotatable bonds is 6. The molecule has 0 radical (unpaired) electrons. The molecule has 0 bridgehead atoms. The zero-order valence-electron chi connectivity index (χ0n) is 14.3.